The number of aromatic nitrogens is 1. The first kappa shape index (κ1) is 8.60. The zero-order valence-electron chi connectivity index (χ0n) is 6.59. The molecular formula is C9H6Cl2N2. The van der Waals surface area contributed by atoms with Crippen LogP contribution in [0.5, 0.6) is 0 Å². The van der Waals surface area contributed by atoms with Gasteiger partial charge in [0.15, 0.2) is 0 Å². The Morgan fingerprint density at radius 2 is 1.85 bits per heavy atom. The second kappa shape index (κ2) is 3.05. The van der Waals surface area contributed by atoms with Crippen LogP contribution in [0.2, 0.25) is 10.2 Å². The second-order valence-electron chi connectivity index (χ2n) is 2.67. The maximum Gasteiger partial charge on any atom is 0.129 e. The summed E-state index contributed by atoms with van der Waals surface area (Å²) in [7, 11) is 0. The lowest BCUT2D eigenvalue weighted by atomic mass is 10.2. The molecule has 0 atom stereocenters. The van der Waals surface area contributed by atoms with Crippen molar-refractivity contribution in [3.63, 3.8) is 0 Å². The fourth-order valence-corrected chi connectivity index (χ4v) is 1.54. The van der Waals surface area contributed by atoms with Gasteiger partial charge in [-0.15, -0.1) is 0 Å². The van der Waals surface area contributed by atoms with Gasteiger partial charge in [-0.25, -0.2) is 4.98 Å². The molecule has 2 N–H and O–H groups in total. The Labute approximate surface area is 85.3 Å². The summed E-state index contributed by atoms with van der Waals surface area (Å²) >= 11 is 11.7. The molecule has 0 aliphatic rings. The Morgan fingerprint density at radius 3 is 2.62 bits per heavy atom. The molecule has 0 amide bonds. The van der Waals surface area contributed by atoms with Crippen LogP contribution in [-0.2, 0) is 0 Å². The van der Waals surface area contributed by atoms with E-state index in [0.717, 1.165) is 5.39 Å². The van der Waals surface area contributed by atoms with Crippen LogP contribution in [0, 0.1) is 0 Å². The maximum absolute atomic E-state index is 5.94. The largest absolute Gasteiger partial charge is 0.397 e. The van der Waals surface area contributed by atoms with Crippen LogP contribution in [0.4, 0.5) is 5.69 Å². The van der Waals surface area contributed by atoms with E-state index >= 15 is 0 Å². The van der Waals surface area contributed by atoms with E-state index in [1.54, 1.807) is 18.2 Å². The van der Waals surface area contributed by atoms with Crippen molar-refractivity contribution in [3.8, 4) is 0 Å². The zero-order chi connectivity index (χ0) is 9.42. The Balaban J connectivity index is 2.92. The van der Waals surface area contributed by atoms with Gasteiger partial charge in [0, 0.05) is 5.39 Å². The van der Waals surface area contributed by atoms with Gasteiger partial charge in [-0.05, 0) is 24.3 Å². The highest BCUT2D eigenvalue weighted by Gasteiger charge is 2.03. The molecule has 0 aliphatic heterocycles. The van der Waals surface area contributed by atoms with Gasteiger partial charge in [-0.1, -0.05) is 23.2 Å². The summed E-state index contributed by atoms with van der Waals surface area (Å²) in [4.78, 5) is 4.09. The molecule has 0 spiro atoms. The summed E-state index contributed by atoms with van der Waals surface area (Å²) in [5.41, 5.74) is 6.95. The highest BCUT2D eigenvalue weighted by molar-refractivity contribution is 6.36. The molecule has 1 heterocycles. The highest BCUT2D eigenvalue weighted by atomic mass is 35.5. The predicted molar refractivity (Wildman–Crippen MR) is 56.2 cm³/mol. The van der Waals surface area contributed by atoms with Crippen LogP contribution < -0.4 is 5.73 Å². The lowest BCUT2D eigenvalue weighted by Crippen LogP contribution is -1.89. The number of nitrogens with zero attached hydrogens (tertiary/aromatic N) is 1. The summed E-state index contributed by atoms with van der Waals surface area (Å²) in [6.45, 7) is 0. The summed E-state index contributed by atoms with van der Waals surface area (Å²) in [5, 5.41) is 1.88. The number of rotatable bonds is 0. The number of nitrogens with two attached hydrogens (primary N) is 1. The first-order chi connectivity index (χ1) is 6.18. The molecule has 1 aromatic carbocycles. The molecule has 2 rings (SSSR count). The summed E-state index contributed by atoms with van der Waals surface area (Å²) in [5.74, 6) is 0. The van der Waals surface area contributed by atoms with Crippen LogP contribution in [0.3, 0.4) is 0 Å². The number of nitrogen functional groups attached to an aromatic ring is 1. The van der Waals surface area contributed by atoms with E-state index in [4.69, 9.17) is 28.9 Å². The molecule has 4 heteroatoms. The van der Waals surface area contributed by atoms with Crippen LogP contribution in [0.15, 0.2) is 24.3 Å². The van der Waals surface area contributed by atoms with E-state index in [-0.39, 0.29) is 0 Å². The van der Waals surface area contributed by atoms with Crippen LogP contribution in [0.25, 0.3) is 10.9 Å². The summed E-state index contributed by atoms with van der Waals surface area (Å²) in [6, 6.07) is 6.96. The van der Waals surface area contributed by atoms with Gasteiger partial charge >= 0.3 is 0 Å². The molecule has 13 heavy (non-hydrogen) atoms. The van der Waals surface area contributed by atoms with E-state index in [0.29, 0.717) is 21.4 Å². The monoisotopic (exact) mass is 212 g/mol. The third-order valence-corrected chi connectivity index (χ3v) is 2.34. The number of anilines is 1. The first-order valence-corrected chi connectivity index (χ1v) is 4.44. The third-order valence-electron chi connectivity index (χ3n) is 1.80. The molecule has 0 saturated carbocycles. The molecule has 1 aromatic heterocycles. The number of hydrogen-bond acceptors (Lipinski definition) is 2. The van der Waals surface area contributed by atoms with Gasteiger partial charge in [-0.3, -0.25) is 0 Å². The number of benzene rings is 1. The van der Waals surface area contributed by atoms with Gasteiger partial charge < -0.3 is 5.73 Å². The average Bonchev–Trinajstić information content (AvgIpc) is 2.12. The zero-order valence-corrected chi connectivity index (χ0v) is 8.10. The van der Waals surface area contributed by atoms with E-state index in [1.165, 1.54) is 0 Å². The van der Waals surface area contributed by atoms with Crippen molar-refractivity contribution < 1.29 is 0 Å². The molecule has 2 nitrogen and oxygen atoms in total. The summed E-state index contributed by atoms with van der Waals surface area (Å²) < 4.78 is 0. The fraction of sp³-hybridized carbons (Fsp3) is 0. The lowest BCUT2D eigenvalue weighted by Gasteiger charge is -2.02. The highest BCUT2D eigenvalue weighted by Crippen LogP contribution is 2.27. The molecule has 0 unspecified atom stereocenters. The number of pyridine rings is 1. The third kappa shape index (κ3) is 1.43. The second-order valence-corrected chi connectivity index (χ2v) is 3.46. The van der Waals surface area contributed by atoms with Crippen molar-refractivity contribution in [1.82, 2.24) is 4.98 Å². The predicted octanol–water partition coefficient (Wildman–Crippen LogP) is 3.12. The quantitative estimate of drug-likeness (QED) is 0.539. The van der Waals surface area contributed by atoms with E-state index in [1.807, 2.05) is 6.07 Å². The Bertz CT molecular complexity index is 468. The molecular weight excluding hydrogens is 207 g/mol. The number of hydrogen-bond donors (Lipinski definition) is 1. The SMILES string of the molecule is Nc1ccc(Cl)c2ccc(Cl)nc12. The van der Waals surface area contributed by atoms with Crippen molar-refractivity contribution in [2.75, 3.05) is 5.73 Å². The number of fused-ring (bicyclic) bond motifs is 1. The first-order valence-electron chi connectivity index (χ1n) is 3.69. The topological polar surface area (TPSA) is 38.9 Å². The van der Waals surface area contributed by atoms with Crippen molar-refractivity contribution in [2.45, 2.75) is 0 Å². The minimum Gasteiger partial charge on any atom is -0.397 e. The Morgan fingerprint density at radius 1 is 1.08 bits per heavy atom. The van der Waals surface area contributed by atoms with Gasteiger partial charge in [0.2, 0.25) is 0 Å². The van der Waals surface area contributed by atoms with Gasteiger partial charge in [0.05, 0.1) is 16.2 Å². The lowest BCUT2D eigenvalue weighted by molar-refractivity contribution is 1.41. The molecule has 66 valence electrons. The van der Waals surface area contributed by atoms with E-state index < -0.39 is 0 Å². The normalized spacial score (nSPS) is 10.6. The minimum atomic E-state index is 0.418. The molecule has 0 radical (unpaired) electrons. The van der Waals surface area contributed by atoms with Crippen molar-refractivity contribution in [2.24, 2.45) is 0 Å². The van der Waals surface area contributed by atoms with Gasteiger partial charge in [0.25, 0.3) is 0 Å². The van der Waals surface area contributed by atoms with Gasteiger partial charge in [-0.2, -0.15) is 0 Å². The van der Waals surface area contributed by atoms with Crippen LogP contribution in [-0.4, -0.2) is 4.98 Å². The maximum atomic E-state index is 5.94. The average molecular weight is 213 g/mol. The Hall–Kier alpha value is -0.990. The van der Waals surface area contributed by atoms with Crippen molar-refractivity contribution in [3.05, 3.63) is 34.4 Å². The van der Waals surface area contributed by atoms with E-state index in [2.05, 4.69) is 4.98 Å². The van der Waals surface area contributed by atoms with Gasteiger partial charge in [0.1, 0.15) is 5.15 Å². The summed E-state index contributed by atoms with van der Waals surface area (Å²) in [6.07, 6.45) is 0. The molecule has 2 aromatic rings. The number of halogens is 2. The van der Waals surface area contributed by atoms with Crippen LogP contribution >= 0.6 is 23.2 Å². The smallest absolute Gasteiger partial charge is 0.129 e. The molecule has 0 fully saturated rings. The van der Waals surface area contributed by atoms with Crippen molar-refractivity contribution in [1.29, 1.82) is 0 Å². The van der Waals surface area contributed by atoms with Crippen molar-refractivity contribution >= 4 is 39.8 Å². The molecule has 0 saturated heterocycles. The Kier molecular flexibility index (Phi) is 2.02. The minimum absolute atomic E-state index is 0.418. The standard InChI is InChI=1S/C9H6Cl2N2/c10-6-2-3-7(12)9-5(6)1-4-8(11)13-9/h1-4H,12H2. The fourth-order valence-electron chi connectivity index (χ4n) is 1.18. The molecule has 0 aliphatic carbocycles. The van der Waals surface area contributed by atoms with E-state index in [9.17, 15) is 0 Å². The van der Waals surface area contributed by atoms with Crippen LogP contribution in [0.1, 0.15) is 0 Å². The molecule has 0 bridgehead atoms.